The summed E-state index contributed by atoms with van der Waals surface area (Å²) < 4.78 is 0. The molecule has 0 saturated carbocycles. The summed E-state index contributed by atoms with van der Waals surface area (Å²) in [4.78, 5) is 12.3. The quantitative estimate of drug-likeness (QED) is 0.568. The Labute approximate surface area is 103 Å². The molecule has 0 aliphatic rings. The Kier molecular flexibility index (Phi) is 4.60. The molecule has 0 fully saturated rings. The first-order chi connectivity index (χ1) is 7.38. The van der Waals surface area contributed by atoms with E-state index in [0.29, 0.717) is 5.41 Å². The summed E-state index contributed by atoms with van der Waals surface area (Å²) in [5.41, 5.74) is 1.19. The topological polar surface area (TPSA) is 17.1 Å². The number of hydrogen-bond donors (Lipinski definition) is 0. The Bertz CT molecular complexity index is 346. The first kappa shape index (κ1) is 13.3. The van der Waals surface area contributed by atoms with Crippen LogP contribution in [0.1, 0.15) is 44.5 Å². The fraction of sp³-hybridized carbons (Fsp3) is 0.500. The standard InChI is InChI=1S/C14H20OS/c1-11(15)12-5-7-13(8-6-12)16-10-9-14(2,3)4/h5-8H,9-10H2,1-4H3. The van der Waals surface area contributed by atoms with Gasteiger partial charge in [-0.1, -0.05) is 32.9 Å². The Morgan fingerprint density at radius 1 is 1.19 bits per heavy atom. The lowest BCUT2D eigenvalue weighted by Crippen LogP contribution is -2.05. The van der Waals surface area contributed by atoms with E-state index in [-0.39, 0.29) is 5.78 Å². The second kappa shape index (κ2) is 5.53. The van der Waals surface area contributed by atoms with E-state index in [1.165, 1.54) is 11.3 Å². The van der Waals surface area contributed by atoms with Crippen molar-refractivity contribution < 1.29 is 4.79 Å². The van der Waals surface area contributed by atoms with E-state index in [0.717, 1.165) is 11.3 Å². The van der Waals surface area contributed by atoms with E-state index < -0.39 is 0 Å². The van der Waals surface area contributed by atoms with Crippen molar-refractivity contribution in [2.75, 3.05) is 5.75 Å². The number of hydrogen-bond acceptors (Lipinski definition) is 2. The molecule has 1 rings (SSSR count). The summed E-state index contributed by atoms with van der Waals surface area (Å²) in [5, 5.41) is 0. The Morgan fingerprint density at radius 2 is 1.75 bits per heavy atom. The second-order valence-corrected chi connectivity index (χ2v) is 6.41. The average Bonchev–Trinajstić information content (AvgIpc) is 2.16. The molecule has 0 aliphatic heterocycles. The van der Waals surface area contributed by atoms with Gasteiger partial charge >= 0.3 is 0 Å². The van der Waals surface area contributed by atoms with Gasteiger partial charge in [-0.2, -0.15) is 0 Å². The Hall–Kier alpha value is -0.760. The molecule has 1 aromatic carbocycles. The molecule has 88 valence electrons. The van der Waals surface area contributed by atoms with Crippen LogP contribution in [0.25, 0.3) is 0 Å². The number of thioether (sulfide) groups is 1. The molecule has 1 nitrogen and oxygen atoms in total. The first-order valence-corrected chi connectivity index (χ1v) is 6.61. The highest BCUT2D eigenvalue weighted by Crippen LogP contribution is 2.25. The van der Waals surface area contributed by atoms with Gasteiger partial charge in [0.15, 0.2) is 5.78 Å². The third kappa shape index (κ3) is 4.84. The highest BCUT2D eigenvalue weighted by molar-refractivity contribution is 7.99. The lowest BCUT2D eigenvalue weighted by atomic mass is 9.94. The lowest BCUT2D eigenvalue weighted by Gasteiger charge is -2.17. The van der Waals surface area contributed by atoms with E-state index >= 15 is 0 Å². The predicted molar refractivity (Wildman–Crippen MR) is 71.2 cm³/mol. The van der Waals surface area contributed by atoms with Gasteiger partial charge in [-0.25, -0.2) is 0 Å². The van der Waals surface area contributed by atoms with Gasteiger partial charge in [0.25, 0.3) is 0 Å². The SMILES string of the molecule is CC(=O)c1ccc(SCCC(C)(C)C)cc1. The largest absolute Gasteiger partial charge is 0.295 e. The first-order valence-electron chi connectivity index (χ1n) is 5.62. The maximum absolute atomic E-state index is 11.1. The van der Waals surface area contributed by atoms with Crippen LogP contribution < -0.4 is 0 Å². The summed E-state index contributed by atoms with van der Waals surface area (Å²) in [5.74, 6) is 1.26. The van der Waals surface area contributed by atoms with E-state index in [1.807, 2.05) is 36.0 Å². The maximum Gasteiger partial charge on any atom is 0.159 e. The Morgan fingerprint density at radius 3 is 2.19 bits per heavy atom. The van der Waals surface area contributed by atoms with Crippen LogP contribution in [0.2, 0.25) is 0 Å². The fourth-order valence-electron chi connectivity index (χ4n) is 1.26. The number of ketones is 1. The zero-order valence-corrected chi connectivity index (χ0v) is 11.4. The van der Waals surface area contributed by atoms with Crippen molar-refractivity contribution in [3.63, 3.8) is 0 Å². The molecule has 0 bridgehead atoms. The number of carbonyl (C=O) groups is 1. The second-order valence-electron chi connectivity index (χ2n) is 5.24. The number of benzene rings is 1. The minimum absolute atomic E-state index is 0.131. The van der Waals surface area contributed by atoms with Crippen LogP contribution in [-0.2, 0) is 0 Å². The van der Waals surface area contributed by atoms with Crippen molar-refractivity contribution in [1.82, 2.24) is 0 Å². The molecule has 0 radical (unpaired) electrons. The van der Waals surface area contributed by atoms with Gasteiger partial charge in [0, 0.05) is 10.5 Å². The van der Waals surface area contributed by atoms with Gasteiger partial charge in [-0.3, -0.25) is 4.79 Å². The van der Waals surface area contributed by atoms with Crippen LogP contribution in [-0.4, -0.2) is 11.5 Å². The van der Waals surface area contributed by atoms with Crippen molar-refractivity contribution in [2.24, 2.45) is 5.41 Å². The predicted octanol–water partition coefficient (Wildman–Crippen LogP) is 4.42. The van der Waals surface area contributed by atoms with Crippen molar-refractivity contribution in [3.05, 3.63) is 29.8 Å². The molecular formula is C14H20OS. The lowest BCUT2D eigenvalue weighted by molar-refractivity contribution is 0.101. The van der Waals surface area contributed by atoms with Gasteiger partial charge in [0.1, 0.15) is 0 Å². The van der Waals surface area contributed by atoms with Gasteiger partial charge in [-0.15, -0.1) is 11.8 Å². The third-order valence-electron chi connectivity index (χ3n) is 2.38. The van der Waals surface area contributed by atoms with E-state index in [4.69, 9.17) is 0 Å². The molecule has 0 aliphatic carbocycles. The van der Waals surface area contributed by atoms with Crippen LogP contribution in [0, 0.1) is 5.41 Å². The normalized spacial score (nSPS) is 11.5. The number of carbonyl (C=O) groups excluding carboxylic acids is 1. The number of rotatable bonds is 4. The molecule has 0 amide bonds. The minimum Gasteiger partial charge on any atom is -0.295 e. The highest BCUT2D eigenvalue weighted by atomic mass is 32.2. The molecule has 0 atom stereocenters. The molecule has 0 aromatic heterocycles. The molecule has 0 unspecified atom stereocenters. The minimum atomic E-state index is 0.131. The molecule has 16 heavy (non-hydrogen) atoms. The van der Waals surface area contributed by atoms with E-state index in [1.54, 1.807) is 6.92 Å². The van der Waals surface area contributed by atoms with Crippen molar-refractivity contribution in [2.45, 2.75) is 39.0 Å². The van der Waals surface area contributed by atoms with Crippen LogP contribution in [0.15, 0.2) is 29.2 Å². The van der Waals surface area contributed by atoms with E-state index in [9.17, 15) is 4.79 Å². The monoisotopic (exact) mass is 236 g/mol. The smallest absolute Gasteiger partial charge is 0.159 e. The van der Waals surface area contributed by atoms with Crippen LogP contribution in [0.5, 0.6) is 0 Å². The van der Waals surface area contributed by atoms with Gasteiger partial charge < -0.3 is 0 Å². The average molecular weight is 236 g/mol. The van der Waals surface area contributed by atoms with Gasteiger partial charge in [-0.05, 0) is 36.6 Å². The van der Waals surface area contributed by atoms with E-state index in [2.05, 4.69) is 20.8 Å². The molecule has 0 saturated heterocycles. The van der Waals surface area contributed by atoms with Crippen molar-refractivity contribution in [1.29, 1.82) is 0 Å². The summed E-state index contributed by atoms with van der Waals surface area (Å²) in [6.45, 7) is 8.37. The zero-order valence-electron chi connectivity index (χ0n) is 10.5. The molecule has 1 aromatic rings. The van der Waals surface area contributed by atoms with Gasteiger partial charge in [0.2, 0.25) is 0 Å². The molecule has 0 heterocycles. The molecule has 0 N–H and O–H groups in total. The van der Waals surface area contributed by atoms with Crippen LogP contribution >= 0.6 is 11.8 Å². The Balaban J connectivity index is 2.47. The maximum atomic E-state index is 11.1. The molecular weight excluding hydrogens is 216 g/mol. The highest BCUT2D eigenvalue weighted by Gasteiger charge is 2.09. The van der Waals surface area contributed by atoms with Gasteiger partial charge in [0.05, 0.1) is 0 Å². The van der Waals surface area contributed by atoms with Crippen molar-refractivity contribution in [3.8, 4) is 0 Å². The summed E-state index contributed by atoms with van der Waals surface area (Å²) in [6, 6.07) is 7.87. The molecule has 2 heteroatoms. The third-order valence-corrected chi connectivity index (χ3v) is 3.40. The zero-order chi connectivity index (χ0) is 12.2. The fourth-order valence-corrected chi connectivity index (χ4v) is 2.54. The van der Waals surface area contributed by atoms with Crippen LogP contribution in [0.3, 0.4) is 0 Å². The summed E-state index contributed by atoms with van der Waals surface area (Å²) >= 11 is 1.86. The molecule has 0 spiro atoms. The number of Topliss-reactive ketones (excluding diaryl/α,β-unsaturated/α-hetero) is 1. The summed E-state index contributed by atoms with van der Waals surface area (Å²) in [6.07, 6.45) is 1.20. The van der Waals surface area contributed by atoms with Crippen molar-refractivity contribution >= 4 is 17.5 Å². The van der Waals surface area contributed by atoms with Crippen LogP contribution in [0.4, 0.5) is 0 Å². The summed E-state index contributed by atoms with van der Waals surface area (Å²) in [7, 11) is 0.